The van der Waals surface area contributed by atoms with E-state index in [-0.39, 0.29) is 0 Å². The van der Waals surface area contributed by atoms with Crippen molar-refractivity contribution in [3.63, 3.8) is 0 Å². The van der Waals surface area contributed by atoms with Gasteiger partial charge in [-0.25, -0.2) is 14.6 Å². The molecule has 0 atom stereocenters. The highest BCUT2D eigenvalue weighted by Crippen LogP contribution is 2.19. The van der Waals surface area contributed by atoms with E-state index in [4.69, 9.17) is 5.26 Å². The average Bonchev–Trinajstić information content (AvgIpc) is 2.80. The van der Waals surface area contributed by atoms with Crippen molar-refractivity contribution in [2.45, 2.75) is 5.03 Å². The van der Waals surface area contributed by atoms with Crippen LogP contribution in [-0.2, 0) is 0 Å². The molecule has 5 nitrogen and oxygen atoms in total. The van der Waals surface area contributed by atoms with Gasteiger partial charge in [0.15, 0.2) is 5.82 Å². The first-order valence-corrected chi connectivity index (χ1v) is 5.21. The number of nitriles is 1. The van der Waals surface area contributed by atoms with E-state index in [1.54, 1.807) is 29.5 Å². The lowest BCUT2D eigenvalue weighted by Crippen LogP contribution is -2.01. The molecule has 0 fully saturated rings. The van der Waals surface area contributed by atoms with Gasteiger partial charge in [-0.3, -0.25) is 0 Å². The third-order valence-electron chi connectivity index (χ3n) is 1.64. The summed E-state index contributed by atoms with van der Waals surface area (Å²) in [6, 6.07) is 3.87. The fraction of sp³-hybridized carbons (Fsp3) is 0.111. The van der Waals surface area contributed by atoms with Gasteiger partial charge in [0.05, 0.1) is 11.8 Å². The van der Waals surface area contributed by atoms with Gasteiger partial charge in [0, 0.05) is 24.8 Å². The Kier molecular flexibility index (Phi) is 2.95. The molecular weight excluding hydrogens is 210 g/mol. The third kappa shape index (κ3) is 2.14. The van der Waals surface area contributed by atoms with Crippen LogP contribution < -0.4 is 0 Å². The maximum Gasteiger partial charge on any atom is 0.186 e. The van der Waals surface area contributed by atoms with E-state index in [1.165, 1.54) is 11.8 Å². The lowest BCUT2D eigenvalue weighted by atomic mass is 10.6. The second-order valence-corrected chi connectivity index (χ2v) is 3.55. The predicted molar refractivity (Wildman–Crippen MR) is 55.5 cm³/mol. The van der Waals surface area contributed by atoms with Gasteiger partial charge in [0.2, 0.25) is 0 Å². The summed E-state index contributed by atoms with van der Waals surface area (Å²) in [4.78, 5) is 8.34. The summed E-state index contributed by atoms with van der Waals surface area (Å²) < 4.78 is 1.63. The van der Waals surface area contributed by atoms with E-state index in [0.717, 1.165) is 0 Å². The minimum Gasteiger partial charge on any atom is -0.244 e. The SMILES string of the molecule is N#CCSc1nccnc1-n1cccn1. The van der Waals surface area contributed by atoms with Crippen molar-refractivity contribution in [2.75, 3.05) is 5.75 Å². The topological polar surface area (TPSA) is 67.4 Å². The number of thioether (sulfide) groups is 1. The molecule has 0 bridgehead atoms. The first kappa shape index (κ1) is 9.68. The smallest absolute Gasteiger partial charge is 0.186 e. The molecule has 2 aromatic rings. The van der Waals surface area contributed by atoms with Crippen molar-refractivity contribution in [3.8, 4) is 11.9 Å². The summed E-state index contributed by atoms with van der Waals surface area (Å²) in [6.45, 7) is 0. The van der Waals surface area contributed by atoms with Crippen LogP contribution in [-0.4, -0.2) is 25.5 Å². The van der Waals surface area contributed by atoms with E-state index < -0.39 is 0 Å². The molecule has 2 aromatic heterocycles. The van der Waals surface area contributed by atoms with Crippen LogP contribution in [0.5, 0.6) is 0 Å². The van der Waals surface area contributed by atoms with Crippen LogP contribution in [0.25, 0.3) is 5.82 Å². The Bertz CT molecular complexity index is 473. The van der Waals surface area contributed by atoms with Gasteiger partial charge >= 0.3 is 0 Å². The van der Waals surface area contributed by atoms with E-state index in [2.05, 4.69) is 21.1 Å². The zero-order valence-corrected chi connectivity index (χ0v) is 8.55. The van der Waals surface area contributed by atoms with Crippen LogP contribution in [0.2, 0.25) is 0 Å². The Morgan fingerprint density at radius 3 is 2.93 bits per heavy atom. The largest absolute Gasteiger partial charge is 0.244 e. The summed E-state index contributed by atoms with van der Waals surface area (Å²) in [5.41, 5.74) is 0. The van der Waals surface area contributed by atoms with Crippen LogP contribution >= 0.6 is 11.8 Å². The third-order valence-corrected chi connectivity index (χ3v) is 2.48. The zero-order valence-electron chi connectivity index (χ0n) is 7.74. The number of nitrogens with zero attached hydrogens (tertiary/aromatic N) is 5. The number of aromatic nitrogens is 4. The normalized spacial score (nSPS) is 9.80. The summed E-state index contributed by atoms with van der Waals surface area (Å²) >= 11 is 1.35. The molecule has 0 aliphatic rings. The number of hydrogen-bond donors (Lipinski definition) is 0. The van der Waals surface area contributed by atoms with E-state index in [9.17, 15) is 0 Å². The van der Waals surface area contributed by atoms with Crippen molar-refractivity contribution in [1.82, 2.24) is 19.7 Å². The molecule has 0 radical (unpaired) electrons. The van der Waals surface area contributed by atoms with Gasteiger partial charge in [-0.2, -0.15) is 10.4 Å². The van der Waals surface area contributed by atoms with Crippen molar-refractivity contribution in [2.24, 2.45) is 0 Å². The van der Waals surface area contributed by atoms with Crippen molar-refractivity contribution in [3.05, 3.63) is 30.9 Å². The molecule has 0 aromatic carbocycles. The summed E-state index contributed by atoms with van der Waals surface area (Å²) in [7, 11) is 0. The summed E-state index contributed by atoms with van der Waals surface area (Å²) in [5, 5.41) is 13.3. The maximum atomic E-state index is 8.51. The maximum absolute atomic E-state index is 8.51. The highest BCUT2D eigenvalue weighted by atomic mass is 32.2. The minimum absolute atomic E-state index is 0.354. The molecule has 74 valence electrons. The standard InChI is InChI=1S/C9H7N5S/c10-2-7-15-9-8(11-4-5-12-9)14-6-1-3-13-14/h1,3-6H,7H2. The average molecular weight is 217 g/mol. The zero-order chi connectivity index (χ0) is 10.5. The molecule has 0 aliphatic heterocycles. The van der Waals surface area contributed by atoms with Gasteiger partial charge in [-0.1, -0.05) is 11.8 Å². The van der Waals surface area contributed by atoms with Crippen LogP contribution in [0.15, 0.2) is 35.9 Å². The van der Waals surface area contributed by atoms with E-state index >= 15 is 0 Å². The Hall–Kier alpha value is -1.87. The molecule has 2 rings (SSSR count). The molecule has 15 heavy (non-hydrogen) atoms. The quantitative estimate of drug-likeness (QED) is 0.724. The predicted octanol–water partition coefficient (Wildman–Crippen LogP) is 1.28. The van der Waals surface area contributed by atoms with Crippen molar-refractivity contribution < 1.29 is 0 Å². The lowest BCUT2D eigenvalue weighted by Gasteiger charge is -2.04. The number of rotatable bonds is 3. The summed E-state index contributed by atoms with van der Waals surface area (Å²) in [6.07, 6.45) is 6.67. The molecule has 0 saturated heterocycles. The highest BCUT2D eigenvalue weighted by molar-refractivity contribution is 7.99. The fourth-order valence-electron chi connectivity index (χ4n) is 1.07. The van der Waals surface area contributed by atoms with Gasteiger partial charge in [0.25, 0.3) is 0 Å². The lowest BCUT2D eigenvalue weighted by molar-refractivity contribution is 0.802. The Morgan fingerprint density at radius 1 is 1.33 bits per heavy atom. The Labute approximate surface area is 90.8 Å². The van der Waals surface area contributed by atoms with Crippen molar-refractivity contribution in [1.29, 1.82) is 5.26 Å². The van der Waals surface area contributed by atoms with Crippen molar-refractivity contribution >= 4 is 11.8 Å². The molecule has 0 spiro atoms. The highest BCUT2D eigenvalue weighted by Gasteiger charge is 2.07. The molecule has 0 unspecified atom stereocenters. The van der Waals surface area contributed by atoms with Gasteiger partial charge < -0.3 is 0 Å². The molecular formula is C9H7N5S. The van der Waals surface area contributed by atoms with Crippen LogP contribution in [0, 0.1) is 11.3 Å². The Balaban J connectivity index is 2.35. The molecule has 2 heterocycles. The minimum atomic E-state index is 0.354. The van der Waals surface area contributed by atoms with Gasteiger partial charge in [0.1, 0.15) is 5.03 Å². The van der Waals surface area contributed by atoms with Gasteiger partial charge in [-0.15, -0.1) is 0 Å². The Morgan fingerprint density at radius 2 is 2.20 bits per heavy atom. The van der Waals surface area contributed by atoms with Crippen LogP contribution in [0.3, 0.4) is 0 Å². The first-order chi connectivity index (χ1) is 7.42. The molecule has 0 N–H and O–H groups in total. The second-order valence-electron chi connectivity index (χ2n) is 2.58. The molecule has 0 saturated carbocycles. The van der Waals surface area contributed by atoms with Crippen LogP contribution in [0.1, 0.15) is 0 Å². The van der Waals surface area contributed by atoms with Gasteiger partial charge in [-0.05, 0) is 6.07 Å². The molecule has 0 aliphatic carbocycles. The molecule has 6 heteroatoms. The second kappa shape index (κ2) is 4.57. The van der Waals surface area contributed by atoms with E-state index in [0.29, 0.717) is 16.6 Å². The molecule has 0 amide bonds. The monoisotopic (exact) mass is 217 g/mol. The van der Waals surface area contributed by atoms with Crippen LogP contribution in [0.4, 0.5) is 0 Å². The number of hydrogen-bond acceptors (Lipinski definition) is 5. The summed E-state index contributed by atoms with van der Waals surface area (Å²) in [5.74, 6) is 1.01. The fourth-order valence-corrected chi connectivity index (χ4v) is 1.68. The first-order valence-electron chi connectivity index (χ1n) is 4.22. The van der Waals surface area contributed by atoms with E-state index in [1.807, 2.05) is 6.07 Å².